The van der Waals surface area contributed by atoms with E-state index in [0.29, 0.717) is 0 Å². The lowest BCUT2D eigenvalue weighted by Gasteiger charge is -2.33. The predicted molar refractivity (Wildman–Crippen MR) is 54.1 cm³/mol. The van der Waals surface area contributed by atoms with Gasteiger partial charge in [0.25, 0.3) is 0 Å². The summed E-state index contributed by atoms with van der Waals surface area (Å²) in [7, 11) is 0. The van der Waals surface area contributed by atoms with Crippen molar-refractivity contribution in [2.75, 3.05) is 31.1 Å². The summed E-state index contributed by atoms with van der Waals surface area (Å²) in [6, 6.07) is 3.98. The molecule has 74 valence electrons. The summed E-state index contributed by atoms with van der Waals surface area (Å²) < 4.78 is 0. The van der Waals surface area contributed by atoms with Crippen LogP contribution in [0, 0.1) is 0 Å². The quantitative estimate of drug-likeness (QED) is 0.633. The van der Waals surface area contributed by atoms with Gasteiger partial charge in [0, 0.05) is 32.4 Å². The van der Waals surface area contributed by atoms with E-state index in [-0.39, 0.29) is 0 Å². The smallest absolute Gasteiger partial charge is 0.209 e. The van der Waals surface area contributed by atoms with Crippen molar-refractivity contribution in [3.8, 4) is 0 Å². The number of carbonyl (C=O) groups excluding carboxylic acids is 1. The lowest BCUT2D eigenvalue weighted by atomic mass is 10.3. The molecule has 1 saturated heterocycles. The van der Waals surface area contributed by atoms with Gasteiger partial charge in [-0.2, -0.15) is 0 Å². The second-order valence-electron chi connectivity index (χ2n) is 3.34. The molecule has 1 aliphatic rings. The number of amides is 1. The van der Waals surface area contributed by atoms with Crippen LogP contribution in [0.15, 0.2) is 24.5 Å². The summed E-state index contributed by atoms with van der Waals surface area (Å²) in [6.45, 7) is 3.39. The van der Waals surface area contributed by atoms with Gasteiger partial charge in [0.15, 0.2) is 0 Å². The van der Waals surface area contributed by atoms with Gasteiger partial charge >= 0.3 is 0 Å². The number of carbonyl (C=O) groups is 1. The molecule has 0 aromatic carbocycles. The van der Waals surface area contributed by atoms with Crippen LogP contribution >= 0.6 is 0 Å². The van der Waals surface area contributed by atoms with Crippen LogP contribution in [0.1, 0.15) is 0 Å². The first-order chi connectivity index (χ1) is 6.90. The predicted octanol–water partition coefficient (Wildman–Crippen LogP) is 0.360. The van der Waals surface area contributed by atoms with Crippen molar-refractivity contribution < 1.29 is 4.79 Å². The van der Waals surface area contributed by atoms with Crippen LogP contribution in [0.5, 0.6) is 0 Å². The number of rotatable bonds is 2. The maximum Gasteiger partial charge on any atom is 0.209 e. The normalized spacial score (nSPS) is 16.9. The van der Waals surface area contributed by atoms with Crippen LogP contribution in [-0.4, -0.2) is 42.5 Å². The Morgan fingerprint density at radius 2 is 2.07 bits per heavy atom. The molecule has 4 nitrogen and oxygen atoms in total. The fraction of sp³-hybridized carbons (Fsp3) is 0.400. The molecule has 0 unspecified atom stereocenters. The van der Waals surface area contributed by atoms with Gasteiger partial charge < -0.3 is 9.80 Å². The minimum absolute atomic E-state index is 0.804. The second kappa shape index (κ2) is 4.09. The molecular formula is C10H13N3O. The van der Waals surface area contributed by atoms with Crippen LogP contribution < -0.4 is 4.90 Å². The van der Waals surface area contributed by atoms with E-state index >= 15 is 0 Å². The topological polar surface area (TPSA) is 36.4 Å². The number of pyridine rings is 1. The summed E-state index contributed by atoms with van der Waals surface area (Å²) in [4.78, 5) is 18.6. The first kappa shape index (κ1) is 8.99. The molecule has 0 radical (unpaired) electrons. The summed E-state index contributed by atoms with van der Waals surface area (Å²) >= 11 is 0. The third kappa shape index (κ3) is 1.84. The zero-order valence-corrected chi connectivity index (χ0v) is 7.97. The van der Waals surface area contributed by atoms with E-state index in [4.69, 9.17) is 0 Å². The lowest BCUT2D eigenvalue weighted by Crippen LogP contribution is -2.45. The van der Waals surface area contributed by atoms with E-state index < -0.39 is 0 Å². The average molecular weight is 191 g/mol. The second-order valence-corrected chi connectivity index (χ2v) is 3.34. The van der Waals surface area contributed by atoms with E-state index in [9.17, 15) is 4.79 Å². The SMILES string of the molecule is O=CN1CCN(c2cccnc2)CC1. The molecule has 0 spiro atoms. The Morgan fingerprint density at radius 3 is 2.64 bits per heavy atom. The largest absolute Gasteiger partial charge is 0.367 e. The minimum atomic E-state index is 0.804. The molecule has 0 saturated carbocycles. The van der Waals surface area contributed by atoms with Crippen LogP contribution in [0.2, 0.25) is 0 Å². The molecule has 1 aliphatic heterocycles. The fourth-order valence-corrected chi connectivity index (χ4v) is 1.63. The number of piperazine rings is 1. The number of aromatic nitrogens is 1. The third-order valence-electron chi connectivity index (χ3n) is 2.47. The third-order valence-corrected chi connectivity index (χ3v) is 2.47. The Kier molecular flexibility index (Phi) is 2.62. The Bertz CT molecular complexity index is 293. The molecule has 1 amide bonds. The van der Waals surface area contributed by atoms with Crippen LogP contribution in [0.25, 0.3) is 0 Å². The van der Waals surface area contributed by atoms with Gasteiger partial charge in [-0.05, 0) is 12.1 Å². The van der Waals surface area contributed by atoms with Gasteiger partial charge in [-0.1, -0.05) is 0 Å². The molecule has 4 heteroatoms. The minimum Gasteiger partial charge on any atom is -0.367 e. The molecule has 1 fully saturated rings. The zero-order valence-electron chi connectivity index (χ0n) is 7.97. The fourth-order valence-electron chi connectivity index (χ4n) is 1.63. The highest BCUT2D eigenvalue weighted by molar-refractivity contribution is 5.50. The van der Waals surface area contributed by atoms with Crippen LogP contribution in [-0.2, 0) is 4.79 Å². The number of hydrogen-bond acceptors (Lipinski definition) is 3. The van der Waals surface area contributed by atoms with Crippen molar-refractivity contribution in [2.24, 2.45) is 0 Å². The van der Waals surface area contributed by atoms with Gasteiger partial charge in [-0.15, -0.1) is 0 Å². The van der Waals surface area contributed by atoms with Crippen LogP contribution in [0.3, 0.4) is 0 Å². The summed E-state index contributed by atoms with van der Waals surface area (Å²) in [6.07, 6.45) is 4.54. The Balaban J connectivity index is 1.99. The van der Waals surface area contributed by atoms with Gasteiger partial charge in [0.1, 0.15) is 0 Å². The first-order valence-electron chi connectivity index (χ1n) is 4.74. The van der Waals surface area contributed by atoms with E-state index in [2.05, 4.69) is 9.88 Å². The van der Waals surface area contributed by atoms with Crippen LogP contribution in [0.4, 0.5) is 5.69 Å². The lowest BCUT2D eigenvalue weighted by molar-refractivity contribution is -0.118. The van der Waals surface area contributed by atoms with Crippen molar-refractivity contribution >= 4 is 12.1 Å². The molecule has 1 aromatic rings. The summed E-state index contributed by atoms with van der Waals surface area (Å²) in [5, 5.41) is 0. The van der Waals surface area contributed by atoms with Crippen molar-refractivity contribution in [1.82, 2.24) is 9.88 Å². The molecular weight excluding hydrogens is 178 g/mol. The van der Waals surface area contributed by atoms with Crippen molar-refractivity contribution in [3.63, 3.8) is 0 Å². The standard InChI is InChI=1S/C10H13N3O/c14-9-12-4-6-13(7-5-12)10-2-1-3-11-8-10/h1-3,8-9H,4-7H2. The molecule has 0 bridgehead atoms. The van der Waals surface area contributed by atoms with Crippen molar-refractivity contribution in [2.45, 2.75) is 0 Å². The highest BCUT2D eigenvalue weighted by atomic mass is 16.1. The first-order valence-corrected chi connectivity index (χ1v) is 4.74. The van der Waals surface area contributed by atoms with E-state index in [1.54, 1.807) is 11.1 Å². The van der Waals surface area contributed by atoms with Gasteiger partial charge in [0.2, 0.25) is 6.41 Å². The van der Waals surface area contributed by atoms with E-state index in [1.807, 2.05) is 18.3 Å². The highest BCUT2D eigenvalue weighted by Crippen LogP contribution is 2.13. The summed E-state index contributed by atoms with van der Waals surface area (Å²) in [5.41, 5.74) is 1.14. The molecule has 2 rings (SSSR count). The maximum absolute atomic E-state index is 10.5. The number of hydrogen-bond donors (Lipinski definition) is 0. The molecule has 0 N–H and O–H groups in total. The van der Waals surface area contributed by atoms with Crippen molar-refractivity contribution in [1.29, 1.82) is 0 Å². The molecule has 2 heterocycles. The average Bonchev–Trinajstić information content (AvgIpc) is 2.30. The number of nitrogens with zero attached hydrogens (tertiary/aromatic N) is 3. The Labute approximate surface area is 83.2 Å². The monoisotopic (exact) mass is 191 g/mol. The number of anilines is 1. The van der Waals surface area contributed by atoms with Gasteiger partial charge in [-0.3, -0.25) is 9.78 Å². The molecule has 1 aromatic heterocycles. The molecule has 0 aliphatic carbocycles. The Hall–Kier alpha value is -1.58. The summed E-state index contributed by atoms with van der Waals surface area (Å²) in [5.74, 6) is 0. The van der Waals surface area contributed by atoms with Gasteiger partial charge in [-0.25, -0.2) is 0 Å². The molecule has 0 atom stereocenters. The van der Waals surface area contributed by atoms with E-state index in [0.717, 1.165) is 38.3 Å². The maximum atomic E-state index is 10.5. The Morgan fingerprint density at radius 1 is 1.29 bits per heavy atom. The van der Waals surface area contributed by atoms with Crippen molar-refractivity contribution in [3.05, 3.63) is 24.5 Å². The highest BCUT2D eigenvalue weighted by Gasteiger charge is 2.15. The zero-order chi connectivity index (χ0) is 9.80. The van der Waals surface area contributed by atoms with E-state index in [1.165, 1.54) is 0 Å². The van der Waals surface area contributed by atoms with Gasteiger partial charge in [0.05, 0.1) is 11.9 Å². The molecule has 14 heavy (non-hydrogen) atoms.